The molecule has 7 heteroatoms. The van der Waals surface area contributed by atoms with Gasteiger partial charge in [0, 0.05) is 0 Å². The van der Waals surface area contributed by atoms with Gasteiger partial charge < -0.3 is 9.15 Å². The van der Waals surface area contributed by atoms with Gasteiger partial charge in [-0.3, -0.25) is 0 Å². The minimum absolute atomic E-state index is 0.389. The molecule has 4 rings (SSSR count). The van der Waals surface area contributed by atoms with Crippen LogP contribution in [0.1, 0.15) is 11.1 Å². The van der Waals surface area contributed by atoms with E-state index in [0.717, 1.165) is 16.9 Å². The number of rotatable bonds is 6. The molecule has 2 heterocycles. The van der Waals surface area contributed by atoms with Crippen LogP contribution in [0, 0.1) is 4.77 Å². The van der Waals surface area contributed by atoms with E-state index in [2.05, 4.69) is 15.3 Å². The highest BCUT2D eigenvalue weighted by atomic mass is 32.1. The third-order valence-electron chi connectivity index (χ3n) is 3.84. The lowest BCUT2D eigenvalue weighted by atomic mass is 10.2. The molecule has 27 heavy (non-hydrogen) atoms. The quantitative estimate of drug-likeness (QED) is 0.392. The Morgan fingerprint density at radius 3 is 2.63 bits per heavy atom. The molecular weight excluding hydrogens is 360 g/mol. The third kappa shape index (κ3) is 4.04. The summed E-state index contributed by atoms with van der Waals surface area (Å²) in [7, 11) is 0. The van der Waals surface area contributed by atoms with Gasteiger partial charge in [0.15, 0.2) is 5.76 Å². The lowest BCUT2D eigenvalue weighted by Crippen LogP contribution is -1.96. The predicted molar refractivity (Wildman–Crippen MR) is 105 cm³/mol. The average molecular weight is 376 g/mol. The first-order valence-corrected chi connectivity index (χ1v) is 8.73. The molecule has 0 spiro atoms. The summed E-state index contributed by atoms with van der Waals surface area (Å²) in [6.45, 7) is 0.533. The molecule has 0 bridgehead atoms. The number of ether oxygens (including phenoxy) is 1. The summed E-state index contributed by atoms with van der Waals surface area (Å²) in [5, 5.41) is 11.3. The fourth-order valence-corrected chi connectivity index (χ4v) is 2.66. The van der Waals surface area contributed by atoms with Crippen LogP contribution >= 0.6 is 12.2 Å². The molecule has 0 saturated carbocycles. The number of hydrogen-bond donors (Lipinski definition) is 1. The first-order valence-electron chi connectivity index (χ1n) is 8.32. The zero-order chi connectivity index (χ0) is 18.5. The molecule has 0 amide bonds. The molecule has 0 atom stereocenters. The summed E-state index contributed by atoms with van der Waals surface area (Å²) in [6.07, 6.45) is 3.29. The van der Waals surface area contributed by atoms with Gasteiger partial charge in [0.2, 0.25) is 10.6 Å². The van der Waals surface area contributed by atoms with Gasteiger partial charge in [-0.05, 0) is 59.7 Å². The predicted octanol–water partition coefficient (Wildman–Crippen LogP) is 4.66. The van der Waals surface area contributed by atoms with E-state index in [9.17, 15) is 0 Å². The minimum Gasteiger partial charge on any atom is -0.489 e. The molecule has 1 N–H and O–H groups in total. The van der Waals surface area contributed by atoms with Crippen molar-refractivity contribution in [2.24, 2.45) is 5.10 Å². The monoisotopic (exact) mass is 376 g/mol. The van der Waals surface area contributed by atoms with Crippen molar-refractivity contribution in [2.45, 2.75) is 6.61 Å². The van der Waals surface area contributed by atoms with Crippen LogP contribution in [0.4, 0.5) is 0 Å². The van der Waals surface area contributed by atoms with Crippen LogP contribution in [0.5, 0.6) is 5.75 Å². The number of H-pyrrole nitrogens is 1. The van der Waals surface area contributed by atoms with Crippen molar-refractivity contribution in [2.75, 3.05) is 0 Å². The molecule has 134 valence electrons. The van der Waals surface area contributed by atoms with Gasteiger partial charge in [0.25, 0.3) is 0 Å². The normalized spacial score (nSPS) is 11.1. The Morgan fingerprint density at radius 1 is 1.07 bits per heavy atom. The summed E-state index contributed by atoms with van der Waals surface area (Å²) in [6, 6.07) is 21.3. The first kappa shape index (κ1) is 17.0. The van der Waals surface area contributed by atoms with E-state index in [1.54, 1.807) is 24.6 Å². The van der Waals surface area contributed by atoms with Crippen LogP contribution in [0.25, 0.3) is 11.6 Å². The lowest BCUT2D eigenvalue weighted by Gasteiger charge is -2.06. The van der Waals surface area contributed by atoms with Gasteiger partial charge in [-0.15, -0.1) is 5.10 Å². The third-order valence-corrected chi connectivity index (χ3v) is 4.11. The molecule has 2 aromatic carbocycles. The molecule has 4 aromatic rings. The molecule has 6 nitrogen and oxygen atoms in total. The number of hydrogen-bond acceptors (Lipinski definition) is 5. The summed E-state index contributed by atoms with van der Waals surface area (Å²) in [5.74, 6) is 1.90. The smallest absolute Gasteiger partial charge is 0.219 e. The van der Waals surface area contributed by atoms with Gasteiger partial charge in [0.1, 0.15) is 12.4 Å². The van der Waals surface area contributed by atoms with Crippen molar-refractivity contribution in [3.05, 3.63) is 88.9 Å². The number of nitrogens with one attached hydrogen (secondary N) is 1. The van der Waals surface area contributed by atoms with E-state index in [1.807, 2.05) is 54.6 Å². The van der Waals surface area contributed by atoms with E-state index >= 15 is 0 Å². The summed E-state index contributed by atoms with van der Waals surface area (Å²) in [5.41, 5.74) is 2.04. The Balaban J connectivity index is 1.46. The van der Waals surface area contributed by atoms with Gasteiger partial charge in [-0.1, -0.05) is 30.3 Å². The second kappa shape index (κ2) is 7.84. The Bertz CT molecular complexity index is 1080. The van der Waals surface area contributed by atoms with Crippen molar-refractivity contribution in [1.29, 1.82) is 0 Å². The second-order valence-corrected chi connectivity index (χ2v) is 6.12. The molecule has 0 aliphatic carbocycles. The van der Waals surface area contributed by atoms with Crippen molar-refractivity contribution < 1.29 is 9.15 Å². The molecule has 0 aliphatic rings. The van der Waals surface area contributed by atoms with Gasteiger partial charge in [-0.25, -0.2) is 5.10 Å². The highest BCUT2D eigenvalue weighted by Crippen LogP contribution is 2.18. The van der Waals surface area contributed by atoms with Crippen LogP contribution in [-0.4, -0.2) is 21.1 Å². The van der Waals surface area contributed by atoms with E-state index in [4.69, 9.17) is 21.4 Å². The highest BCUT2D eigenvalue weighted by molar-refractivity contribution is 7.71. The molecule has 0 aliphatic heterocycles. The maximum Gasteiger partial charge on any atom is 0.219 e. The van der Waals surface area contributed by atoms with Crippen molar-refractivity contribution in [1.82, 2.24) is 14.9 Å². The van der Waals surface area contributed by atoms with Gasteiger partial charge >= 0.3 is 0 Å². The molecule has 0 radical (unpaired) electrons. The number of aromatic nitrogens is 3. The molecule has 0 fully saturated rings. The Kier molecular flexibility index (Phi) is 4.93. The fraction of sp³-hybridized carbons (Fsp3) is 0.0500. The lowest BCUT2D eigenvalue weighted by molar-refractivity contribution is 0.306. The number of aromatic amines is 1. The van der Waals surface area contributed by atoms with Crippen LogP contribution in [0.3, 0.4) is 0 Å². The first-order chi connectivity index (χ1) is 13.3. The molecule has 2 aromatic heterocycles. The summed E-state index contributed by atoms with van der Waals surface area (Å²) in [4.78, 5) is 0. The van der Waals surface area contributed by atoms with Crippen LogP contribution < -0.4 is 4.74 Å². The fourth-order valence-electron chi connectivity index (χ4n) is 2.48. The van der Waals surface area contributed by atoms with Gasteiger partial charge in [-0.2, -0.15) is 9.78 Å². The number of furan rings is 1. The van der Waals surface area contributed by atoms with Crippen molar-refractivity contribution in [3.63, 3.8) is 0 Å². The van der Waals surface area contributed by atoms with Crippen LogP contribution in [-0.2, 0) is 6.61 Å². The van der Waals surface area contributed by atoms with E-state index in [-0.39, 0.29) is 0 Å². The maximum atomic E-state index is 5.79. The Hall–Kier alpha value is -3.45. The minimum atomic E-state index is 0.389. The van der Waals surface area contributed by atoms with Crippen molar-refractivity contribution >= 4 is 18.4 Å². The number of benzene rings is 2. The van der Waals surface area contributed by atoms with E-state index in [1.165, 1.54) is 4.68 Å². The molecule has 0 saturated heterocycles. The topological polar surface area (TPSA) is 68.3 Å². The van der Waals surface area contributed by atoms with Crippen molar-refractivity contribution in [3.8, 4) is 17.3 Å². The SMILES string of the molecule is S=c1[nH]nc(-c2ccco2)n1/N=C\c1ccc(OCc2ccccc2)cc1. The standard InChI is InChI=1S/C20H16N4O2S/c27-20-23-22-19(18-7-4-12-25-18)24(20)21-13-15-8-10-17(11-9-15)26-14-16-5-2-1-3-6-16/h1-13H,14H2,(H,23,27)/b21-13-. The largest absolute Gasteiger partial charge is 0.489 e. The highest BCUT2D eigenvalue weighted by Gasteiger charge is 2.10. The molecular formula is C20H16N4O2S. The van der Waals surface area contributed by atoms with Crippen LogP contribution in [0.2, 0.25) is 0 Å². The maximum absolute atomic E-state index is 5.79. The number of nitrogens with zero attached hydrogens (tertiary/aromatic N) is 3. The average Bonchev–Trinajstić information content (AvgIpc) is 3.36. The Labute approximate surface area is 160 Å². The Morgan fingerprint density at radius 2 is 1.89 bits per heavy atom. The van der Waals surface area contributed by atoms with E-state index in [0.29, 0.717) is 23.0 Å². The summed E-state index contributed by atoms with van der Waals surface area (Å²) < 4.78 is 13.1. The van der Waals surface area contributed by atoms with E-state index < -0.39 is 0 Å². The van der Waals surface area contributed by atoms with Crippen LogP contribution in [0.15, 0.2) is 82.5 Å². The zero-order valence-electron chi connectivity index (χ0n) is 14.3. The van der Waals surface area contributed by atoms with Gasteiger partial charge in [0.05, 0.1) is 12.5 Å². The zero-order valence-corrected chi connectivity index (χ0v) is 15.1. The molecule has 0 unspecified atom stereocenters. The second-order valence-electron chi connectivity index (χ2n) is 5.73. The summed E-state index contributed by atoms with van der Waals surface area (Å²) >= 11 is 5.23.